The summed E-state index contributed by atoms with van der Waals surface area (Å²) in [6.45, 7) is 0.468. The van der Waals surface area contributed by atoms with Crippen LogP contribution in [-0.2, 0) is 6.42 Å². The number of amides is 1. The first-order valence-electron chi connectivity index (χ1n) is 7.00. The number of nitro groups is 1. The zero-order valence-corrected chi connectivity index (χ0v) is 12.9. The highest BCUT2D eigenvalue weighted by Gasteiger charge is 2.20. The zero-order valence-electron chi connectivity index (χ0n) is 12.9. The minimum atomic E-state index is -0.566. The third-order valence-electron chi connectivity index (χ3n) is 3.40. The van der Waals surface area contributed by atoms with E-state index in [4.69, 9.17) is 4.74 Å². The van der Waals surface area contributed by atoms with Crippen LogP contribution in [0.5, 0.6) is 5.75 Å². The molecule has 7 nitrogen and oxygen atoms in total. The minimum Gasteiger partial charge on any atom is -0.490 e. The molecule has 0 aliphatic rings. The van der Waals surface area contributed by atoms with E-state index in [0.717, 1.165) is 5.69 Å². The van der Waals surface area contributed by atoms with E-state index in [1.165, 1.54) is 30.2 Å². The summed E-state index contributed by atoms with van der Waals surface area (Å²) in [5, 5.41) is 11.0. The minimum absolute atomic E-state index is 0.127. The van der Waals surface area contributed by atoms with E-state index in [2.05, 4.69) is 4.98 Å². The van der Waals surface area contributed by atoms with Gasteiger partial charge in [-0.2, -0.15) is 0 Å². The second kappa shape index (κ2) is 7.35. The van der Waals surface area contributed by atoms with Gasteiger partial charge >= 0.3 is 5.69 Å². The van der Waals surface area contributed by atoms with Gasteiger partial charge in [-0.1, -0.05) is 6.07 Å². The number of hydrogen-bond acceptors (Lipinski definition) is 5. The zero-order chi connectivity index (χ0) is 16.8. The Morgan fingerprint density at radius 2 is 2.13 bits per heavy atom. The first kappa shape index (κ1) is 16.4. The molecule has 0 aliphatic carbocycles. The van der Waals surface area contributed by atoms with Crippen molar-refractivity contribution < 1.29 is 14.5 Å². The van der Waals surface area contributed by atoms with Crippen molar-refractivity contribution in [1.82, 2.24) is 9.88 Å². The number of carbonyl (C=O) groups excluding carboxylic acids is 1. The molecular weight excluding hydrogens is 298 g/mol. The Labute approximate surface area is 133 Å². The molecule has 0 atom stereocenters. The molecule has 1 aromatic heterocycles. The number of carbonyl (C=O) groups is 1. The Morgan fingerprint density at radius 3 is 2.74 bits per heavy atom. The third-order valence-corrected chi connectivity index (χ3v) is 3.40. The number of methoxy groups -OCH3 is 1. The van der Waals surface area contributed by atoms with Crippen molar-refractivity contribution >= 4 is 11.6 Å². The number of hydrogen-bond donors (Lipinski definition) is 0. The lowest BCUT2D eigenvalue weighted by molar-refractivity contribution is -0.385. The molecule has 0 aliphatic heterocycles. The molecule has 0 N–H and O–H groups in total. The predicted molar refractivity (Wildman–Crippen MR) is 84.5 cm³/mol. The van der Waals surface area contributed by atoms with E-state index >= 15 is 0 Å². The molecule has 1 amide bonds. The third kappa shape index (κ3) is 4.03. The Balaban J connectivity index is 2.10. The van der Waals surface area contributed by atoms with Crippen LogP contribution in [0.2, 0.25) is 0 Å². The van der Waals surface area contributed by atoms with Crippen molar-refractivity contribution in [3.8, 4) is 5.75 Å². The van der Waals surface area contributed by atoms with E-state index in [-0.39, 0.29) is 22.9 Å². The van der Waals surface area contributed by atoms with Crippen LogP contribution in [0.4, 0.5) is 5.69 Å². The van der Waals surface area contributed by atoms with Gasteiger partial charge in [-0.25, -0.2) is 0 Å². The van der Waals surface area contributed by atoms with Crippen LogP contribution in [0.3, 0.4) is 0 Å². The SMILES string of the molecule is COc1ccc(C(=O)N(C)CCc2ccccn2)cc1[N+](=O)[O-]. The fraction of sp³-hybridized carbons (Fsp3) is 0.250. The highest BCUT2D eigenvalue weighted by Crippen LogP contribution is 2.27. The van der Waals surface area contributed by atoms with E-state index in [0.29, 0.717) is 13.0 Å². The van der Waals surface area contributed by atoms with Crippen molar-refractivity contribution in [2.45, 2.75) is 6.42 Å². The van der Waals surface area contributed by atoms with Crippen molar-refractivity contribution in [2.75, 3.05) is 20.7 Å². The highest BCUT2D eigenvalue weighted by molar-refractivity contribution is 5.95. The fourth-order valence-electron chi connectivity index (χ4n) is 2.12. The van der Waals surface area contributed by atoms with Crippen LogP contribution < -0.4 is 4.74 Å². The van der Waals surface area contributed by atoms with Gasteiger partial charge in [-0.05, 0) is 24.3 Å². The standard InChI is InChI=1S/C16H17N3O4/c1-18(10-8-13-5-3-4-9-17-13)16(20)12-6-7-15(23-2)14(11-12)19(21)22/h3-7,9,11H,8,10H2,1-2H3. The summed E-state index contributed by atoms with van der Waals surface area (Å²) in [4.78, 5) is 28.6. The number of nitro benzene ring substituents is 1. The molecule has 2 rings (SSSR count). The molecule has 1 aromatic carbocycles. The number of aromatic nitrogens is 1. The Morgan fingerprint density at radius 1 is 1.35 bits per heavy atom. The normalized spacial score (nSPS) is 10.2. The van der Waals surface area contributed by atoms with Crippen LogP contribution in [0.15, 0.2) is 42.6 Å². The van der Waals surface area contributed by atoms with Gasteiger partial charge in [0.1, 0.15) is 0 Å². The van der Waals surface area contributed by atoms with Crippen LogP contribution >= 0.6 is 0 Å². The highest BCUT2D eigenvalue weighted by atomic mass is 16.6. The van der Waals surface area contributed by atoms with Crippen molar-refractivity contribution in [3.05, 3.63) is 64.0 Å². The second-order valence-electron chi connectivity index (χ2n) is 4.94. The molecule has 0 fully saturated rings. The predicted octanol–water partition coefficient (Wildman–Crippen LogP) is 2.31. The summed E-state index contributed by atoms with van der Waals surface area (Å²) in [6.07, 6.45) is 2.31. The molecule has 0 saturated carbocycles. The van der Waals surface area contributed by atoms with Gasteiger partial charge in [0.15, 0.2) is 5.75 Å². The maximum absolute atomic E-state index is 12.4. The Kier molecular flexibility index (Phi) is 5.24. The van der Waals surface area contributed by atoms with Gasteiger partial charge in [-0.15, -0.1) is 0 Å². The van der Waals surface area contributed by atoms with Gasteiger partial charge in [0.2, 0.25) is 0 Å². The van der Waals surface area contributed by atoms with Crippen LogP contribution in [0.25, 0.3) is 0 Å². The van der Waals surface area contributed by atoms with Crippen LogP contribution in [0, 0.1) is 10.1 Å². The molecular formula is C16H17N3O4. The van der Waals surface area contributed by atoms with Gasteiger partial charge < -0.3 is 9.64 Å². The molecule has 0 saturated heterocycles. The first-order valence-corrected chi connectivity index (χ1v) is 7.00. The molecule has 0 unspecified atom stereocenters. The molecule has 23 heavy (non-hydrogen) atoms. The topological polar surface area (TPSA) is 85.6 Å². The number of likely N-dealkylation sites (N-methyl/N-ethyl adjacent to an activating group) is 1. The summed E-state index contributed by atoms with van der Waals surface area (Å²) >= 11 is 0. The smallest absolute Gasteiger partial charge is 0.311 e. The average Bonchev–Trinajstić information content (AvgIpc) is 2.59. The van der Waals surface area contributed by atoms with Crippen molar-refractivity contribution in [1.29, 1.82) is 0 Å². The van der Waals surface area contributed by atoms with Gasteiger partial charge in [0.25, 0.3) is 5.91 Å². The van der Waals surface area contributed by atoms with E-state index in [1.807, 2.05) is 18.2 Å². The Hall–Kier alpha value is -2.96. The lowest BCUT2D eigenvalue weighted by Crippen LogP contribution is -2.29. The summed E-state index contributed by atoms with van der Waals surface area (Å²) in [5.74, 6) is -0.158. The fourth-order valence-corrected chi connectivity index (χ4v) is 2.12. The maximum Gasteiger partial charge on any atom is 0.311 e. The summed E-state index contributed by atoms with van der Waals surface area (Å²) in [6, 6.07) is 9.78. The largest absolute Gasteiger partial charge is 0.490 e. The number of rotatable bonds is 6. The van der Waals surface area contributed by atoms with Gasteiger partial charge in [0, 0.05) is 43.5 Å². The number of ether oxygens (including phenoxy) is 1. The van der Waals surface area contributed by atoms with Crippen molar-refractivity contribution in [3.63, 3.8) is 0 Å². The summed E-state index contributed by atoms with van der Waals surface area (Å²) in [5.41, 5.74) is 0.908. The summed E-state index contributed by atoms with van der Waals surface area (Å²) < 4.78 is 4.93. The molecule has 120 valence electrons. The number of benzene rings is 1. The second-order valence-corrected chi connectivity index (χ2v) is 4.94. The van der Waals surface area contributed by atoms with Gasteiger partial charge in [-0.3, -0.25) is 19.9 Å². The molecule has 0 spiro atoms. The molecule has 0 bridgehead atoms. The average molecular weight is 315 g/mol. The van der Waals surface area contributed by atoms with Crippen LogP contribution in [-0.4, -0.2) is 41.4 Å². The quantitative estimate of drug-likeness (QED) is 0.603. The maximum atomic E-state index is 12.4. The lowest BCUT2D eigenvalue weighted by Gasteiger charge is -2.17. The number of nitrogens with zero attached hydrogens (tertiary/aromatic N) is 3. The van der Waals surface area contributed by atoms with Gasteiger partial charge in [0.05, 0.1) is 12.0 Å². The Bertz CT molecular complexity index is 704. The first-order chi connectivity index (χ1) is 11.0. The lowest BCUT2D eigenvalue weighted by atomic mass is 10.1. The van der Waals surface area contributed by atoms with E-state index < -0.39 is 4.92 Å². The summed E-state index contributed by atoms with van der Waals surface area (Å²) in [7, 11) is 3.00. The number of pyridine rings is 1. The molecule has 7 heteroatoms. The monoisotopic (exact) mass is 315 g/mol. The van der Waals surface area contributed by atoms with Crippen LogP contribution in [0.1, 0.15) is 16.1 Å². The molecule has 1 heterocycles. The van der Waals surface area contributed by atoms with E-state index in [1.54, 1.807) is 13.2 Å². The molecule has 0 radical (unpaired) electrons. The van der Waals surface area contributed by atoms with Crippen molar-refractivity contribution in [2.24, 2.45) is 0 Å². The van der Waals surface area contributed by atoms with E-state index in [9.17, 15) is 14.9 Å². The molecule has 2 aromatic rings.